The lowest BCUT2D eigenvalue weighted by atomic mass is 10.1. The summed E-state index contributed by atoms with van der Waals surface area (Å²) in [5, 5.41) is 4.59. The van der Waals surface area contributed by atoms with Gasteiger partial charge in [0.2, 0.25) is 0 Å². The Balaban J connectivity index is 2.15. The van der Waals surface area contributed by atoms with E-state index in [0.29, 0.717) is 10.0 Å². The number of hydrogen-bond acceptors (Lipinski definition) is 2. The molecular weight excluding hydrogens is 293 g/mol. The van der Waals surface area contributed by atoms with Crippen molar-refractivity contribution in [2.75, 3.05) is 6.54 Å². The summed E-state index contributed by atoms with van der Waals surface area (Å²) >= 11 is 12.4. The first-order valence-corrected chi connectivity index (χ1v) is 8.31. The highest BCUT2D eigenvalue weighted by Crippen LogP contribution is 2.35. The van der Waals surface area contributed by atoms with Crippen molar-refractivity contribution < 1.29 is 4.74 Å². The molecule has 20 heavy (non-hydrogen) atoms. The molecule has 2 rings (SSSR count). The first kappa shape index (κ1) is 15.9. The zero-order valence-corrected chi connectivity index (χ0v) is 13.6. The fraction of sp³-hybridized carbons (Fsp3) is 0.625. The normalized spacial score (nSPS) is 16.9. The highest BCUT2D eigenvalue weighted by atomic mass is 35.5. The molecule has 0 atom stereocenters. The van der Waals surface area contributed by atoms with Gasteiger partial charge in [0, 0.05) is 17.1 Å². The molecule has 1 aliphatic rings. The van der Waals surface area contributed by atoms with Gasteiger partial charge >= 0.3 is 0 Å². The molecule has 1 N–H and O–H groups in total. The molecule has 1 saturated carbocycles. The van der Waals surface area contributed by atoms with E-state index >= 15 is 0 Å². The number of hydrogen-bond donors (Lipinski definition) is 1. The van der Waals surface area contributed by atoms with Gasteiger partial charge in [0.15, 0.2) is 0 Å². The molecule has 1 aromatic carbocycles. The molecule has 112 valence electrons. The smallest absolute Gasteiger partial charge is 0.142 e. The van der Waals surface area contributed by atoms with Crippen LogP contribution < -0.4 is 10.1 Å². The topological polar surface area (TPSA) is 21.3 Å². The van der Waals surface area contributed by atoms with Gasteiger partial charge in [0.05, 0.1) is 11.1 Å². The van der Waals surface area contributed by atoms with Crippen LogP contribution in [0, 0.1) is 0 Å². The SMILES string of the molecule is CCNCc1cc(Cl)cc(Cl)c1OC1CCCCCC1. The highest BCUT2D eigenvalue weighted by Gasteiger charge is 2.18. The quantitative estimate of drug-likeness (QED) is 0.753. The van der Waals surface area contributed by atoms with E-state index in [1.165, 1.54) is 25.7 Å². The molecular formula is C16H23Cl2NO. The van der Waals surface area contributed by atoms with Crippen LogP contribution >= 0.6 is 23.2 Å². The Bertz CT molecular complexity index is 429. The molecule has 1 aliphatic carbocycles. The Morgan fingerprint density at radius 3 is 2.50 bits per heavy atom. The molecule has 0 bridgehead atoms. The fourth-order valence-corrected chi connectivity index (χ4v) is 3.24. The summed E-state index contributed by atoms with van der Waals surface area (Å²) in [4.78, 5) is 0. The van der Waals surface area contributed by atoms with Crippen LogP contribution in [-0.2, 0) is 6.54 Å². The summed E-state index contributed by atoms with van der Waals surface area (Å²) in [6, 6.07) is 3.72. The number of halogens is 2. The molecule has 2 nitrogen and oxygen atoms in total. The van der Waals surface area contributed by atoms with Gasteiger partial charge in [-0.15, -0.1) is 0 Å². The van der Waals surface area contributed by atoms with Crippen LogP contribution in [0.5, 0.6) is 5.75 Å². The molecule has 0 radical (unpaired) electrons. The van der Waals surface area contributed by atoms with Crippen molar-refractivity contribution in [3.8, 4) is 5.75 Å². The van der Waals surface area contributed by atoms with Crippen molar-refractivity contribution in [1.82, 2.24) is 5.32 Å². The van der Waals surface area contributed by atoms with E-state index in [-0.39, 0.29) is 6.10 Å². The van der Waals surface area contributed by atoms with Crippen LogP contribution in [0.15, 0.2) is 12.1 Å². The summed E-state index contributed by atoms with van der Waals surface area (Å²) in [6.07, 6.45) is 7.67. The van der Waals surface area contributed by atoms with E-state index in [4.69, 9.17) is 27.9 Å². The first-order valence-electron chi connectivity index (χ1n) is 7.56. The predicted molar refractivity (Wildman–Crippen MR) is 86.0 cm³/mol. The van der Waals surface area contributed by atoms with Crippen LogP contribution in [0.25, 0.3) is 0 Å². The molecule has 0 aliphatic heterocycles. The van der Waals surface area contributed by atoms with Crippen molar-refractivity contribution in [1.29, 1.82) is 0 Å². The molecule has 0 heterocycles. The zero-order valence-electron chi connectivity index (χ0n) is 12.1. The fourth-order valence-electron chi connectivity index (χ4n) is 2.66. The third kappa shape index (κ3) is 4.54. The molecule has 0 aromatic heterocycles. The second-order valence-corrected chi connectivity index (χ2v) is 6.23. The first-order chi connectivity index (χ1) is 9.70. The second kappa shape index (κ2) is 8.11. The van der Waals surface area contributed by atoms with Gasteiger partial charge in [-0.3, -0.25) is 0 Å². The number of benzene rings is 1. The van der Waals surface area contributed by atoms with Crippen LogP contribution in [0.4, 0.5) is 0 Å². The third-order valence-corrected chi connectivity index (χ3v) is 4.24. The lowest BCUT2D eigenvalue weighted by molar-refractivity contribution is 0.182. The van der Waals surface area contributed by atoms with E-state index in [2.05, 4.69) is 12.2 Å². The molecule has 1 aromatic rings. The average molecular weight is 316 g/mol. The van der Waals surface area contributed by atoms with Gasteiger partial charge < -0.3 is 10.1 Å². The standard InChI is InChI=1S/C16H23Cl2NO/c1-2-19-11-12-9-13(17)10-15(18)16(12)20-14-7-5-3-4-6-8-14/h9-10,14,19H,2-8,11H2,1H3. The number of ether oxygens (including phenoxy) is 1. The Hall–Kier alpha value is -0.440. The van der Waals surface area contributed by atoms with E-state index in [1.807, 2.05) is 6.07 Å². The molecule has 1 fully saturated rings. The predicted octanol–water partition coefficient (Wildman–Crippen LogP) is 5.20. The summed E-state index contributed by atoms with van der Waals surface area (Å²) in [7, 11) is 0. The average Bonchev–Trinajstić information content (AvgIpc) is 2.68. The van der Waals surface area contributed by atoms with E-state index in [0.717, 1.165) is 37.2 Å². The van der Waals surface area contributed by atoms with Crippen LogP contribution in [0.3, 0.4) is 0 Å². The van der Waals surface area contributed by atoms with E-state index in [9.17, 15) is 0 Å². The Morgan fingerprint density at radius 1 is 1.15 bits per heavy atom. The Labute approximate surface area is 131 Å². The maximum atomic E-state index is 6.34. The Morgan fingerprint density at radius 2 is 1.85 bits per heavy atom. The van der Waals surface area contributed by atoms with Gasteiger partial charge in [-0.2, -0.15) is 0 Å². The van der Waals surface area contributed by atoms with Crippen LogP contribution in [-0.4, -0.2) is 12.6 Å². The number of nitrogens with one attached hydrogen (secondary N) is 1. The minimum atomic E-state index is 0.288. The van der Waals surface area contributed by atoms with Gasteiger partial charge in [-0.05, 0) is 44.4 Å². The minimum absolute atomic E-state index is 0.288. The van der Waals surface area contributed by atoms with Gasteiger partial charge in [0.1, 0.15) is 5.75 Å². The van der Waals surface area contributed by atoms with E-state index in [1.54, 1.807) is 6.07 Å². The number of rotatable bonds is 5. The molecule has 0 amide bonds. The van der Waals surface area contributed by atoms with Gasteiger partial charge in [0.25, 0.3) is 0 Å². The second-order valence-electron chi connectivity index (χ2n) is 5.39. The summed E-state index contributed by atoms with van der Waals surface area (Å²) in [5.41, 5.74) is 1.05. The van der Waals surface area contributed by atoms with Crippen molar-refractivity contribution >= 4 is 23.2 Å². The molecule has 0 unspecified atom stereocenters. The van der Waals surface area contributed by atoms with Crippen LogP contribution in [0.2, 0.25) is 10.0 Å². The van der Waals surface area contributed by atoms with Gasteiger partial charge in [-0.25, -0.2) is 0 Å². The maximum absolute atomic E-state index is 6.34. The van der Waals surface area contributed by atoms with E-state index < -0.39 is 0 Å². The van der Waals surface area contributed by atoms with Crippen molar-refractivity contribution in [3.05, 3.63) is 27.7 Å². The summed E-state index contributed by atoms with van der Waals surface area (Å²) < 4.78 is 6.22. The molecule has 0 saturated heterocycles. The van der Waals surface area contributed by atoms with Crippen molar-refractivity contribution in [3.63, 3.8) is 0 Å². The lowest BCUT2D eigenvalue weighted by Gasteiger charge is -2.21. The van der Waals surface area contributed by atoms with Crippen molar-refractivity contribution in [2.45, 2.75) is 58.1 Å². The summed E-state index contributed by atoms with van der Waals surface area (Å²) in [6.45, 7) is 3.73. The lowest BCUT2D eigenvalue weighted by Crippen LogP contribution is -2.18. The molecule has 0 spiro atoms. The zero-order chi connectivity index (χ0) is 14.4. The minimum Gasteiger partial charge on any atom is -0.489 e. The Kier molecular flexibility index (Phi) is 6.47. The maximum Gasteiger partial charge on any atom is 0.142 e. The molecule has 4 heteroatoms. The highest BCUT2D eigenvalue weighted by molar-refractivity contribution is 6.35. The monoisotopic (exact) mass is 315 g/mol. The summed E-state index contributed by atoms with van der Waals surface area (Å²) in [5.74, 6) is 0.809. The van der Waals surface area contributed by atoms with Crippen LogP contribution in [0.1, 0.15) is 51.0 Å². The largest absolute Gasteiger partial charge is 0.489 e. The van der Waals surface area contributed by atoms with Gasteiger partial charge in [-0.1, -0.05) is 43.0 Å². The van der Waals surface area contributed by atoms with Crippen molar-refractivity contribution in [2.24, 2.45) is 0 Å². The third-order valence-electron chi connectivity index (χ3n) is 3.74.